The Bertz CT molecular complexity index is 312. The van der Waals surface area contributed by atoms with Crippen LogP contribution in [0.25, 0.3) is 0 Å². The molecule has 0 amide bonds. The highest BCUT2D eigenvalue weighted by molar-refractivity contribution is 7.60. The van der Waals surface area contributed by atoms with Crippen molar-refractivity contribution in [3.05, 3.63) is 24.4 Å². The smallest absolute Gasteiger partial charge is 0.320 e. The van der Waals surface area contributed by atoms with Gasteiger partial charge in [0, 0.05) is 6.20 Å². The molecule has 0 aromatic carbocycles. The lowest BCUT2D eigenvalue weighted by atomic mass is 10.5. The molecular weight excluding hydrogens is 189 g/mol. The first-order valence-electron chi connectivity index (χ1n) is 3.95. The molecule has 0 aliphatic carbocycles. The number of hydrogen-bond donors (Lipinski definition) is 1. The van der Waals surface area contributed by atoms with Crippen LogP contribution in [0.1, 0.15) is 13.8 Å². The molecule has 5 heteroatoms. The lowest BCUT2D eigenvalue weighted by Gasteiger charge is -2.13. The van der Waals surface area contributed by atoms with Crippen molar-refractivity contribution in [3.8, 4) is 0 Å². The highest BCUT2D eigenvalue weighted by Gasteiger charge is 2.25. The summed E-state index contributed by atoms with van der Waals surface area (Å²) in [5.74, 6) is 0. The van der Waals surface area contributed by atoms with Gasteiger partial charge in [0.1, 0.15) is 0 Å². The number of aromatic nitrogens is 1. The van der Waals surface area contributed by atoms with Gasteiger partial charge in [-0.25, -0.2) is 4.98 Å². The predicted molar refractivity (Wildman–Crippen MR) is 49.9 cm³/mol. The summed E-state index contributed by atoms with van der Waals surface area (Å²) in [7, 11) is -3.71. The largest absolute Gasteiger partial charge is 0.377 e. The van der Waals surface area contributed by atoms with Crippen molar-refractivity contribution >= 4 is 13.0 Å². The Morgan fingerprint density at radius 3 is 2.69 bits per heavy atom. The maximum Gasteiger partial charge on any atom is 0.377 e. The monoisotopic (exact) mass is 201 g/mol. The lowest BCUT2D eigenvalue weighted by molar-refractivity contribution is 0.212. The van der Waals surface area contributed by atoms with Crippen LogP contribution in [-0.2, 0) is 9.09 Å². The zero-order valence-electron chi connectivity index (χ0n) is 7.54. The molecule has 0 radical (unpaired) electrons. The van der Waals surface area contributed by atoms with E-state index >= 15 is 0 Å². The quantitative estimate of drug-likeness (QED) is 0.749. The van der Waals surface area contributed by atoms with Crippen LogP contribution < -0.4 is 5.44 Å². The summed E-state index contributed by atoms with van der Waals surface area (Å²) >= 11 is 0. The Morgan fingerprint density at radius 1 is 1.54 bits per heavy atom. The van der Waals surface area contributed by atoms with E-state index in [1.807, 2.05) is 0 Å². The molecule has 0 aliphatic rings. The van der Waals surface area contributed by atoms with E-state index in [-0.39, 0.29) is 11.5 Å². The van der Waals surface area contributed by atoms with Gasteiger partial charge in [0.2, 0.25) is 0 Å². The van der Waals surface area contributed by atoms with Gasteiger partial charge in [0.05, 0.1) is 6.10 Å². The van der Waals surface area contributed by atoms with Crippen molar-refractivity contribution in [1.82, 2.24) is 4.98 Å². The molecule has 72 valence electrons. The maximum atomic E-state index is 11.5. The zero-order valence-corrected chi connectivity index (χ0v) is 8.44. The predicted octanol–water partition coefficient (Wildman–Crippen LogP) is 1.32. The Hall–Kier alpha value is -0.700. The molecule has 0 spiro atoms. The summed E-state index contributed by atoms with van der Waals surface area (Å²) in [4.78, 5) is 13.2. The van der Waals surface area contributed by atoms with E-state index in [0.29, 0.717) is 0 Å². The second-order valence-electron chi connectivity index (χ2n) is 2.86. The Balaban J connectivity index is 2.88. The summed E-state index contributed by atoms with van der Waals surface area (Å²) in [6.07, 6.45) is 1.17. The van der Waals surface area contributed by atoms with Gasteiger partial charge >= 0.3 is 7.60 Å². The molecule has 0 bridgehead atoms. The number of rotatable bonds is 3. The fraction of sp³-hybridized carbons (Fsp3) is 0.375. The standard InChI is InChI=1S/C8H12NO3P/c1-7(2)12-13(10,11)8-5-3-4-6-9-8/h3-7H,1-2H3,(H,10,11). The highest BCUT2D eigenvalue weighted by atomic mass is 31.2. The van der Waals surface area contributed by atoms with E-state index in [2.05, 4.69) is 4.98 Å². The van der Waals surface area contributed by atoms with Crippen molar-refractivity contribution in [2.75, 3.05) is 0 Å². The molecular formula is C8H12NO3P. The lowest BCUT2D eigenvalue weighted by Crippen LogP contribution is -2.13. The van der Waals surface area contributed by atoms with Crippen LogP contribution in [0.15, 0.2) is 24.4 Å². The second kappa shape index (κ2) is 4.01. The van der Waals surface area contributed by atoms with E-state index in [4.69, 9.17) is 4.52 Å². The molecule has 1 aromatic rings. The van der Waals surface area contributed by atoms with Crippen LogP contribution in [0.4, 0.5) is 0 Å². The van der Waals surface area contributed by atoms with Crippen LogP contribution in [0.2, 0.25) is 0 Å². The van der Waals surface area contributed by atoms with Crippen molar-refractivity contribution in [1.29, 1.82) is 0 Å². The maximum absolute atomic E-state index is 11.5. The second-order valence-corrected chi connectivity index (χ2v) is 4.57. The third kappa shape index (κ3) is 2.92. The van der Waals surface area contributed by atoms with Crippen LogP contribution in [-0.4, -0.2) is 16.0 Å². The molecule has 4 nitrogen and oxygen atoms in total. The molecule has 1 heterocycles. The van der Waals surface area contributed by atoms with E-state index < -0.39 is 7.60 Å². The first-order chi connectivity index (χ1) is 6.02. The Labute approximate surface area is 77.1 Å². The number of pyridine rings is 1. The number of hydrogen-bond acceptors (Lipinski definition) is 3. The first kappa shape index (κ1) is 10.4. The summed E-state index contributed by atoms with van der Waals surface area (Å²) in [6, 6.07) is 4.80. The van der Waals surface area contributed by atoms with Gasteiger partial charge in [0.15, 0.2) is 5.44 Å². The molecule has 0 aliphatic heterocycles. The molecule has 0 saturated heterocycles. The average Bonchev–Trinajstić information content (AvgIpc) is 2.04. The molecule has 0 saturated carbocycles. The van der Waals surface area contributed by atoms with Crippen LogP contribution in [0.3, 0.4) is 0 Å². The van der Waals surface area contributed by atoms with Crippen LogP contribution in [0.5, 0.6) is 0 Å². The topological polar surface area (TPSA) is 59.4 Å². The SMILES string of the molecule is CC(C)OP(=O)(O)c1ccccn1. The number of nitrogens with zero attached hydrogens (tertiary/aromatic N) is 1. The summed E-state index contributed by atoms with van der Waals surface area (Å²) < 4.78 is 16.4. The molecule has 1 aromatic heterocycles. The fourth-order valence-electron chi connectivity index (χ4n) is 0.861. The van der Waals surface area contributed by atoms with Crippen molar-refractivity contribution in [2.24, 2.45) is 0 Å². The van der Waals surface area contributed by atoms with Gasteiger partial charge in [-0.15, -0.1) is 0 Å². The van der Waals surface area contributed by atoms with E-state index in [1.54, 1.807) is 26.0 Å². The van der Waals surface area contributed by atoms with Crippen molar-refractivity contribution in [3.63, 3.8) is 0 Å². The minimum atomic E-state index is -3.71. The minimum absolute atomic E-state index is 0.0868. The normalized spacial score (nSPS) is 15.7. The van der Waals surface area contributed by atoms with Gasteiger partial charge in [0.25, 0.3) is 0 Å². The Kier molecular flexibility index (Phi) is 3.20. The molecule has 1 N–H and O–H groups in total. The summed E-state index contributed by atoms with van der Waals surface area (Å²) in [6.45, 7) is 3.40. The van der Waals surface area contributed by atoms with Crippen LogP contribution in [0, 0.1) is 0 Å². The molecule has 1 rings (SSSR count). The third-order valence-corrected chi connectivity index (χ3v) is 2.84. The molecule has 13 heavy (non-hydrogen) atoms. The van der Waals surface area contributed by atoms with Crippen molar-refractivity contribution in [2.45, 2.75) is 20.0 Å². The van der Waals surface area contributed by atoms with Crippen molar-refractivity contribution < 1.29 is 14.0 Å². The Morgan fingerprint density at radius 2 is 2.23 bits per heavy atom. The third-order valence-electron chi connectivity index (χ3n) is 1.29. The highest BCUT2D eigenvalue weighted by Crippen LogP contribution is 2.40. The van der Waals surface area contributed by atoms with E-state index in [0.717, 1.165) is 0 Å². The first-order valence-corrected chi connectivity index (χ1v) is 5.53. The van der Waals surface area contributed by atoms with Crippen LogP contribution >= 0.6 is 7.60 Å². The fourth-order valence-corrected chi connectivity index (χ4v) is 2.03. The minimum Gasteiger partial charge on any atom is -0.320 e. The zero-order chi connectivity index (χ0) is 9.90. The average molecular weight is 201 g/mol. The van der Waals surface area contributed by atoms with E-state index in [1.165, 1.54) is 12.3 Å². The van der Waals surface area contributed by atoms with Gasteiger partial charge in [-0.1, -0.05) is 6.07 Å². The summed E-state index contributed by atoms with van der Waals surface area (Å²) in [5.41, 5.74) is 0.0868. The van der Waals surface area contributed by atoms with E-state index in [9.17, 15) is 9.46 Å². The van der Waals surface area contributed by atoms with Gasteiger partial charge in [-0.2, -0.15) is 0 Å². The molecule has 1 atom stereocenters. The molecule has 1 unspecified atom stereocenters. The summed E-state index contributed by atoms with van der Waals surface area (Å²) in [5, 5.41) is 0. The van der Waals surface area contributed by atoms with Gasteiger partial charge < -0.3 is 9.42 Å². The molecule has 0 fully saturated rings. The van der Waals surface area contributed by atoms with Gasteiger partial charge in [-0.3, -0.25) is 4.57 Å². The van der Waals surface area contributed by atoms with Gasteiger partial charge in [-0.05, 0) is 26.0 Å².